The lowest BCUT2D eigenvalue weighted by Gasteiger charge is -2.51. The molecule has 60 heteroatoms. The van der Waals surface area contributed by atoms with E-state index < -0.39 is 427 Å². The molecule has 34 N–H and O–H groups in total. The Hall–Kier alpha value is -4.65. The van der Waals surface area contributed by atoms with Crippen LogP contribution in [0.15, 0.2) is 0 Å². The van der Waals surface area contributed by atoms with Crippen LogP contribution in [-0.2, 0) is 123 Å². The third kappa shape index (κ3) is 24.0. The van der Waals surface area contributed by atoms with Gasteiger partial charge in [0.25, 0.3) is 0 Å². The third-order valence-electron chi connectivity index (χ3n) is 24.5. The van der Waals surface area contributed by atoms with Crippen LogP contribution >= 0.6 is 0 Å². The molecule has 60 nitrogen and oxygen atoms in total. The van der Waals surface area contributed by atoms with E-state index in [0.717, 1.165) is 27.7 Å². The van der Waals surface area contributed by atoms with Gasteiger partial charge in [0.1, 0.15) is 256 Å². The molecule has 55 atom stereocenters. The molecule has 0 aromatic heterocycles. The molecule has 0 bridgehead atoms. The highest BCUT2D eigenvalue weighted by atomic mass is 16.8. The molecule has 11 heterocycles. The summed E-state index contributed by atoms with van der Waals surface area (Å²) in [7, 11) is 0. The van der Waals surface area contributed by atoms with E-state index in [0.29, 0.717) is 0 Å². The molecule has 11 aliphatic rings. The predicted octanol–water partition coefficient (Wildman–Crippen LogP) is -23.3. The van der Waals surface area contributed by atoms with E-state index >= 15 is 0 Å². The molecule has 11 rings (SSSR count). The fraction of sp³-hybridized carbons (Fsp3) is 0.932. The van der Waals surface area contributed by atoms with E-state index in [4.69, 9.17) is 99.5 Å². The van der Waals surface area contributed by atoms with Crippen molar-refractivity contribution in [2.75, 3.05) is 59.5 Å². The molecule has 134 heavy (non-hydrogen) atoms. The first-order valence-electron chi connectivity index (χ1n) is 42.5. The molecular weight excluding hydrogens is 1840 g/mol. The van der Waals surface area contributed by atoms with Gasteiger partial charge in [-0.15, -0.1) is 0 Å². The van der Waals surface area contributed by atoms with Crippen molar-refractivity contribution >= 4 is 29.6 Å². The summed E-state index contributed by atoms with van der Waals surface area (Å²) in [6.07, 6.45) is -110. The van der Waals surface area contributed by atoms with Crippen molar-refractivity contribution in [3.05, 3.63) is 0 Å². The maximum absolute atomic E-state index is 13.3. The molecule has 774 valence electrons. The highest BCUT2D eigenvalue weighted by Gasteiger charge is 2.63. The minimum atomic E-state index is -2.69. The summed E-state index contributed by atoms with van der Waals surface area (Å²) in [5.74, 6) is -5.80. The summed E-state index contributed by atoms with van der Waals surface area (Å²) in [6.45, 7) is -5.52. The summed E-state index contributed by atoms with van der Waals surface area (Å²) < 4.78 is 124. The Morgan fingerprint density at radius 2 is 0.507 bits per heavy atom. The van der Waals surface area contributed by atoms with E-state index in [2.05, 4.69) is 21.3 Å². The summed E-state index contributed by atoms with van der Waals surface area (Å²) in [5.41, 5.74) is 0. The van der Waals surface area contributed by atoms with Crippen LogP contribution in [0.2, 0.25) is 0 Å². The lowest BCUT2D eigenvalue weighted by atomic mass is 9.93. The molecule has 0 aromatic carbocycles. The number of nitrogens with one attached hydrogen (secondary N) is 4. The molecule has 0 radical (unpaired) electrons. The molecule has 0 aliphatic carbocycles. The Balaban J connectivity index is 0.916. The maximum atomic E-state index is 13.3. The van der Waals surface area contributed by atoms with E-state index in [1.54, 1.807) is 0 Å². The second kappa shape index (κ2) is 47.5. The molecule has 0 saturated carbocycles. The SMILES string of the molecule is CC(=O)N[C@@H]1[C@@H](O)[C@H](O[C@@H]2O[C@H](CO)[C@@H](O[C@@H]3O[C@H](CO[C@H]4O[C@H](CO)[C@@H](O)[C@H](O)[C@@H]4O[C@@H]4O[C@H](CO)[C@@H](O[C@@H]5O[C@H](CO)[C@H](O)[C@H](O)[C@H]5O)[C@H](O)[C@H]4NC(C)=O)[C@@H](O)[C@H](O[C@H]4O[C@H](CO)[C@@H](O)[C@H](O)[C@@H]4O[C@@H]4O[C@H](CO)[C@@H](O[C@@H]5O[C@H](CO)[C@H](O)[C@H](O[C@@H]6O[C@H](C(=O)O)[C@@H](O)[C@H](O)[C@H]6O)[C@H]5O)[C@H](O)[C@H]4NC(C)=O)[C@@H]3O)[C@H](O)[C@H]2NC(C)=O)[C@@H](CO[C@@H]2O[C@@H](C)[C@@H](O)[C@@H](O)[C@@H]2O)O[C@H]1O. The van der Waals surface area contributed by atoms with Gasteiger partial charge in [-0.2, -0.15) is 0 Å². The van der Waals surface area contributed by atoms with Crippen molar-refractivity contribution in [1.82, 2.24) is 21.3 Å². The zero-order chi connectivity index (χ0) is 98.7. The van der Waals surface area contributed by atoms with E-state index in [-0.39, 0.29) is 0 Å². The van der Waals surface area contributed by atoms with Crippen LogP contribution in [0, 0.1) is 0 Å². The standard InChI is InChI=1S/C74H122N4O56/c1-15-33(90)43(100)49(106)68(116-15)114-14-28-57(39(96)29(64(113)117-28)75-16(2)86)126-65-30(76-17(3)87)40(97)56(25(11-84)122-65)129-72-53(110)59(38(95)27(125-72)13-115-73-61(46(103)35(92)21(7-80)120-73)133-66-31(77-18(4)88)41(98)54(24(10-83)123-66)127-69-50(107)44(101)34(91)20(6-79)118-69)131-74-62(47(104)36(93)22(8-81)121-74)134-67-32(78-19(5)89)42(99)55(26(12-85)124-67)128-71-52(109)58(37(94)23(9-82)119-71)130-70-51(108)45(102)48(105)60(132-70)63(111)112/h15,20-62,64-74,79-85,90-110,113H,6-14H2,1-5H3,(H,75,86)(H,76,87)(H,77,88)(H,78,89)(H,111,112)/t15-,20+,21+,22+,23+,24+,25+,26+,27+,28+,29+,30+,31+,32+,33+,34-,35+,36+,37-,38+,39+,40+,41+,42+,43+,44-,45-,46-,47-,48-,49-,50+,51+,52+,53-,54+,55+,56+,57+,58-,59-,60-,61-,62-,64+,65-,66-,67-,68+,69-,70+,71-,72-,73-,74+/m0/s1. The number of carboxylic acids is 1. The number of rotatable bonds is 34. The Morgan fingerprint density at radius 3 is 0.925 bits per heavy atom. The van der Waals surface area contributed by atoms with Gasteiger partial charge in [0.15, 0.2) is 75.3 Å². The van der Waals surface area contributed by atoms with Crippen LogP contribution in [0.25, 0.3) is 0 Å². The van der Waals surface area contributed by atoms with Gasteiger partial charge < -0.3 is 274 Å². The van der Waals surface area contributed by atoms with Crippen molar-refractivity contribution < 1.29 is 277 Å². The average molecular weight is 1960 g/mol. The van der Waals surface area contributed by atoms with E-state index in [9.17, 15) is 177 Å². The molecular formula is C74H122N4O56. The number of aliphatic hydroxyl groups is 29. The summed E-state index contributed by atoms with van der Waals surface area (Å²) in [4.78, 5) is 64.0. The molecule has 11 fully saturated rings. The molecule has 11 saturated heterocycles. The van der Waals surface area contributed by atoms with Gasteiger partial charge in [0.2, 0.25) is 23.6 Å². The number of carbonyl (C=O) groups is 5. The third-order valence-corrected chi connectivity index (χ3v) is 24.5. The number of hydrogen-bond donors (Lipinski definition) is 34. The quantitative estimate of drug-likeness (QED) is 0.0284. The van der Waals surface area contributed by atoms with Gasteiger partial charge in [0, 0.05) is 27.7 Å². The first-order valence-corrected chi connectivity index (χ1v) is 42.5. The van der Waals surface area contributed by atoms with Crippen molar-refractivity contribution in [1.29, 1.82) is 0 Å². The zero-order valence-corrected chi connectivity index (χ0v) is 71.6. The highest BCUT2D eigenvalue weighted by molar-refractivity contribution is 5.75. The van der Waals surface area contributed by atoms with Crippen molar-refractivity contribution in [3.8, 4) is 0 Å². The number of carboxylic acid groups (broad SMARTS) is 1. The Labute approximate surface area is 757 Å². The smallest absolute Gasteiger partial charge is 0.335 e. The molecule has 4 amide bonds. The number of aliphatic hydroxyl groups excluding tert-OH is 29. The van der Waals surface area contributed by atoms with Gasteiger partial charge in [-0.05, 0) is 6.92 Å². The number of amides is 4. The highest BCUT2D eigenvalue weighted by Crippen LogP contribution is 2.42. The Bertz CT molecular complexity index is 3720. The van der Waals surface area contributed by atoms with Crippen LogP contribution in [0.1, 0.15) is 34.6 Å². The Morgan fingerprint density at radius 1 is 0.231 bits per heavy atom. The summed E-state index contributed by atoms with van der Waals surface area (Å²) in [6, 6.07) is -7.93. The van der Waals surface area contributed by atoms with Crippen molar-refractivity contribution in [2.24, 2.45) is 0 Å². The second-order valence-corrected chi connectivity index (χ2v) is 33.8. The Kier molecular flexibility index (Phi) is 38.9. The average Bonchev–Trinajstić information content (AvgIpc) is 0.762. The van der Waals surface area contributed by atoms with Gasteiger partial charge in [-0.25, -0.2) is 4.79 Å². The van der Waals surface area contributed by atoms with E-state index in [1.807, 2.05) is 0 Å². The lowest BCUT2D eigenvalue weighted by Crippen LogP contribution is -2.71. The van der Waals surface area contributed by atoms with Gasteiger partial charge in [-0.3, -0.25) is 19.2 Å². The fourth-order valence-corrected chi connectivity index (χ4v) is 17.2. The van der Waals surface area contributed by atoms with E-state index in [1.165, 1.54) is 6.92 Å². The first-order chi connectivity index (χ1) is 63.3. The normalized spacial score (nSPS) is 49.8. The fourth-order valence-electron chi connectivity index (χ4n) is 17.2. The lowest BCUT2D eigenvalue weighted by molar-refractivity contribution is -0.400. The van der Waals surface area contributed by atoms with Gasteiger partial charge in [-0.1, -0.05) is 0 Å². The van der Waals surface area contributed by atoms with Crippen LogP contribution in [0.3, 0.4) is 0 Å². The molecule has 0 aromatic rings. The monoisotopic (exact) mass is 1960 g/mol. The van der Waals surface area contributed by atoms with Crippen molar-refractivity contribution in [3.63, 3.8) is 0 Å². The summed E-state index contributed by atoms with van der Waals surface area (Å²) in [5, 5.41) is 345. The van der Waals surface area contributed by atoms with Gasteiger partial charge >= 0.3 is 5.97 Å². The molecule has 0 spiro atoms. The van der Waals surface area contributed by atoms with Crippen LogP contribution in [-0.4, -0.2) is 580 Å². The predicted molar refractivity (Wildman–Crippen MR) is 408 cm³/mol. The van der Waals surface area contributed by atoms with Crippen molar-refractivity contribution in [2.45, 2.75) is 372 Å². The number of hydrogen-bond acceptors (Lipinski definition) is 55. The maximum Gasteiger partial charge on any atom is 0.335 e. The van der Waals surface area contributed by atoms with Crippen LogP contribution < -0.4 is 21.3 Å². The topological polar surface area (TPSA) is 934 Å². The number of aliphatic carboxylic acids is 1. The number of ether oxygens (including phenoxy) is 21. The minimum absolute atomic E-state index is 0.865. The first kappa shape index (κ1) is 110. The van der Waals surface area contributed by atoms with Crippen LogP contribution in [0.5, 0.6) is 0 Å². The molecule has 11 aliphatic heterocycles. The zero-order valence-electron chi connectivity index (χ0n) is 71.6. The number of carbonyl (C=O) groups excluding carboxylic acids is 4. The summed E-state index contributed by atoms with van der Waals surface area (Å²) >= 11 is 0. The van der Waals surface area contributed by atoms with Gasteiger partial charge in [0.05, 0.1) is 65.6 Å². The second-order valence-electron chi connectivity index (χ2n) is 33.8. The van der Waals surface area contributed by atoms with Crippen LogP contribution in [0.4, 0.5) is 0 Å². The minimum Gasteiger partial charge on any atom is -0.479 e. The largest absolute Gasteiger partial charge is 0.479 e. The molecule has 0 unspecified atom stereocenters.